The van der Waals surface area contributed by atoms with Crippen LogP contribution in [0, 0.1) is 0 Å². The molecule has 0 aromatic rings. The van der Waals surface area contributed by atoms with Crippen LogP contribution in [0.1, 0.15) is 27.7 Å². The summed E-state index contributed by atoms with van der Waals surface area (Å²) in [6.45, 7) is 5.70. The fourth-order valence-corrected chi connectivity index (χ4v) is 0.588. The van der Waals surface area contributed by atoms with E-state index in [9.17, 15) is 9.59 Å². The number of rotatable bonds is 2. The van der Waals surface area contributed by atoms with Crippen molar-refractivity contribution in [3.8, 4) is 0 Å². The molecule has 15 heavy (non-hydrogen) atoms. The van der Waals surface area contributed by atoms with E-state index in [-0.39, 0.29) is 47.0 Å². The minimum atomic E-state index is -0.125. The number of hydrogen-bond acceptors (Lipinski definition) is 4. The van der Waals surface area contributed by atoms with E-state index in [1.54, 1.807) is 0 Å². The monoisotopic (exact) mass is 320 g/mol. The summed E-state index contributed by atoms with van der Waals surface area (Å²) in [6, 6.07) is 0. The zero-order chi connectivity index (χ0) is 11.7. The van der Waals surface area contributed by atoms with E-state index in [2.05, 4.69) is 0 Å². The molecule has 0 atom stereocenters. The molecule has 0 spiro atoms. The van der Waals surface area contributed by atoms with E-state index in [1.165, 1.54) is 39.8 Å². The molecule has 0 aliphatic carbocycles. The van der Waals surface area contributed by atoms with Crippen LogP contribution in [0.25, 0.3) is 0 Å². The Morgan fingerprint density at radius 3 is 1.00 bits per heavy atom. The Morgan fingerprint density at radius 1 is 0.800 bits per heavy atom. The van der Waals surface area contributed by atoms with Crippen molar-refractivity contribution in [2.24, 2.45) is 0 Å². The quantitative estimate of drug-likeness (QED) is 0.461. The average Bonchev–Trinajstić information content (AvgIpc) is 1.79. The zero-order valence-electron chi connectivity index (χ0n) is 9.37. The molecular weight excluding hydrogens is 303 g/mol. The Bertz CT molecular complexity index is 231. The van der Waals surface area contributed by atoms with Gasteiger partial charge in [0.25, 0.3) is 0 Å². The van der Waals surface area contributed by atoms with Gasteiger partial charge in [0, 0.05) is 36.1 Å². The Labute approximate surface area is 107 Å². The molecule has 0 unspecified atom stereocenters. The maximum Gasteiger partial charge on any atom is 0.155 e. The third-order valence-corrected chi connectivity index (χ3v) is 0.824. The van der Waals surface area contributed by atoms with Crippen molar-refractivity contribution in [1.29, 1.82) is 0 Å². The summed E-state index contributed by atoms with van der Waals surface area (Å²) in [6.07, 6.45) is 2.33. The molecule has 0 aromatic carbocycles. The SMILES string of the molecule is CC(=O)/C=C(\C)O.CC(=O)/C=C(\C)O.[Sn]. The van der Waals surface area contributed by atoms with Crippen molar-refractivity contribution in [1.82, 2.24) is 0 Å². The molecule has 4 nitrogen and oxygen atoms in total. The van der Waals surface area contributed by atoms with E-state index in [1.807, 2.05) is 0 Å². The average molecular weight is 319 g/mol. The van der Waals surface area contributed by atoms with Gasteiger partial charge in [-0.25, -0.2) is 0 Å². The van der Waals surface area contributed by atoms with Crippen LogP contribution in [-0.2, 0) is 9.59 Å². The maximum absolute atomic E-state index is 10.0. The number of ketones is 2. The number of carbonyl (C=O) groups excluding carboxylic acids is 2. The molecule has 0 bridgehead atoms. The number of allylic oxidation sites excluding steroid dienone is 4. The predicted molar refractivity (Wildman–Crippen MR) is 59.9 cm³/mol. The van der Waals surface area contributed by atoms with E-state index in [4.69, 9.17) is 10.2 Å². The smallest absolute Gasteiger partial charge is 0.155 e. The van der Waals surface area contributed by atoms with Crippen molar-refractivity contribution in [2.45, 2.75) is 27.7 Å². The van der Waals surface area contributed by atoms with Gasteiger partial charge in [0.05, 0.1) is 11.5 Å². The normalized spacial score (nSPS) is 10.7. The van der Waals surface area contributed by atoms with Gasteiger partial charge in [-0.2, -0.15) is 0 Å². The number of aliphatic hydroxyl groups is 2. The molecule has 0 amide bonds. The molecule has 2 N–H and O–H groups in total. The van der Waals surface area contributed by atoms with Crippen molar-refractivity contribution in [3.05, 3.63) is 23.7 Å². The van der Waals surface area contributed by atoms with Crippen LogP contribution in [0.4, 0.5) is 0 Å². The van der Waals surface area contributed by atoms with Crippen LogP contribution in [0.2, 0.25) is 0 Å². The molecule has 0 rings (SSSR count). The van der Waals surface area contributed by atoms with Crippen LogP contribution in [0.5, 0.6) is 0 Å². The largest absolute Gasteiger partial charge is 0.512 e. The Balaban J connectivity index is -0.000000180. The van der Waals surface area contributed by atoms with Crippen LogP contribution in [0.3, 0.4) is 0 Å². The molecule has 4 radical (unpaired) electrons. The van der Waals surface area contributed by atoms with E-state index in [0.29, 0.717) is 0 Å². The first-order valence-corrected chi connectivity index (χ1v) is 4.01. The number of hydrogen-bond donors (Lipinski definition) is 2. The summed E-state index contributed by atoms with van der Waals surface area (Å²) in [5, 5.41) is 16.7. The molecule has 0 fully saturated rings. The zero-order valence-corrected chi connectivity index (χ0v) is 12.2. The van der Waals surface area contributed by atoms with Gasteiger partial charge in [0.1, 0.15) is 0 Å². The molecule has 0 aromatic heterocycles. The van der Waals surface area contributed by atoms with Crippen molar-refractivity contribution < 1.29 is 19.8 Å². The summed E-state index contributed by atoms with van der Waals surface area (Å²) in [4.78, 5) is 20.0. The first kappa shape index (κ1) is 19.7. The molecule has 0 saturated carbocycles. The molecule has 5 heteroatoms. The molecule has 84 valence electrons. The van der Waals surface area contributed by atoms with Crippen LogP contribution in [-0.4, -0.2) is 45.7 Å². The molecule has 0 saturated heterocycles. The van der Waals surface area contributed by atoms with E-state index < -0.39 is 0 Å². The van der Waals surface area contributed by atoms with Gasteiger partial charge >= 0.3 is 0 Å². The molecule has 0 aliphatic rings. The first-order valence-electron chi connectivity index (χ1n) is 4.01. The molecule has 0 aliphatic heterocycles. The standard InChI is InChI=1S/2C5H8O2.Sn/c2*1-4(6)3-5(2)7;/h2*3,6H,1-2H3;/b2*4-3+;. The van der Waals surface area contributed by atoms with Gasteiger partial charge in [-0.15, -0.1) is 0 Å². The topological polar surface area (TPSA) is 74.6 Å². The summed E-state index contributed by atoms with van der Waals surface area (Å²) in [7, 11) is 0. The van der Waals surface area contributed by atoms with Gasteiger partial charge in [-0.1, -0.05) is 0 Å². The third-order valence-electron chi connectivity index (χ3n) is 0.824. The molecular formula is C10H16O4Sn. The number of aliphatic hydroxyl groups excluding tert-OH is 2. The fraction of sp³-hybridized carbons (Fsp3) is 0.400. The van der Waals surface area contributed by atoms with Crippen molar-refractivity contribution in [2.75, 3.05) is 0 Å². The summed E-state index contributed by atoms with van der Waals surface area (Å²) >= 11 is 0. The summed E-state index contributed by atoms with van der Waals surface area (Å²) in [5.74, 6) is -0.125. The van der Waals surface area contributed by atoms with E-state index >= 15 is 0 Å². The summed E-state index contributed by atoms with van der Waals surface area (Å²) in [5.41, 5.74) is 0. The third kappa shape index (κ3) is 31.9. The second kappa shape index (κ2) is 11.3. The summed E-state index contributed by atoms with van der Waals surface area (Å²) < 4.78 is 0. The first-order chi connectivity index (χ1) is 6.25. The van der Waals surface area contributed by atoms with Gasteiger partial charge in [-0.3, -0.25) is 9.59 Å². The Hall–Kier alpha value is -0.781. The Morgan fingerprint density at radius 2 is 1.00 bits per heavy atom. The maximum atomic E-state index is 10.0. The van der Waals surface area contributed by atoms with Gasteiger partial charge in [0.15, 0.2) is 11.6 Å². The minimum absolute atomic E-state index is 0. The van der Waals surface area contributed by atoms with Gasteiger partial charge in [-0.05, 0) is 27.7 Å². The van der Waals surface area contributed by atoms with E-state index in [0.717, 1.165) is 0 Å². The van der Waals surface area contributed by atoms with Gasteiger partial charge in [0.2, 0.25) is 0 Å². The fourth-order valence-electron chi connectivity index (χ4n) is 0.588. The number of carbonyl (C=O) groups is 2. The van der Waals surface area contributed by atoms with Crippen molar-refractivity contribution in [3.63, 3.8) is 0 Å². The van der Waals surface area contributed by atoms with Crippen LogP contribution < -0.4 is 0 Å². The second-order valence-corrected chi connectivity index (χ2v) is 2.79. The van der Waals surface area contributed by atoms with Crippen LogP contribution >= 0.6 is 0 Å². The van der Waals surface area contributed by atoms with Crippen molar-refractivity contribution >= 4 is 35.5 Å². The minimum Gasteiger partial charge on any atom is -0.512 e. The molecule has 0 heterocycles. The second-order valence-electron chi connectivity index (χ2n) is 2.79. The van der Waals surface area contributed by atoms with Crippen LogP contribution in [0.15, 0.2) is 23.7 Å². The Kier molecular flexibility index (Phi) is 14.9. The predicted octanol–water partition coefficient (Wildman–Crippen LogP) is 1.69. The van der Waals surface area contributed by atoms with Gasteiger partial charge < -0.3 is 10.2 Å².